The van der Waals surface area contributed by atoms with Crippen LogP contribution in [-0.4, -0.2) is 38.3 Å². The predicted octanol–water partition coefficient (Wildman–Crippen LogP) is 6.57. The maximum Gasteiger partial charge on any atom is 0.192 e. The second-order valence-corrected chi connectivity index (χ2v) is 17.0. The van der Waals surface area contributed by atoms with Gasteiger partial charge >= 0.3 is 0 Å². The molecule has 0 spiro atoms. The van der Waals surface area contributed by atoms with Crippen LogP contribution in [0.1, 0.15) is 80.6 Å². The molecule has 0 heterocycles. The number of hydrogen-bond donors (Lipinski definition) is 1. The first-order chi connectivity index (χ1) is 13.2. The van der Waals surface area contributed by atoms with Gasteiger partial charge in [-0.25, -0.2) is 0 Å². The van der Waals surface area contributed by atoms with Crippen molar-refractivity contribution in [2.75, 3.05) is 13.2 Å². The van der Waals surface area contributed by atoms with Gasteiger partial charge in [0.2, 0.25) is 0 Å². The lowest BCUT2D eigenvalue weighted by atomic mass is 9.62. The highest BCUT2D eigenvalue weighted by atomic mass is 28.4. The van der Waals surface area contributed by atoms with Crippen LogP contribution in [0.4, 0.5) is 0 Å². The molecule has 0 amide bonds. The molecule has 0 unspecified atom stereocenters. The Balaban J connectivity index is 2.00. The van der Waals surface area contributed by atoms with Crippen molar-refractivity contribution in [2.45, 2.75) is 110 Å². The number of ether oxygens (including phenoxy) is 1. The summed E-state index contributed by atoms with van der Waals surface area (Å²) in [6.07, 6.45) is 11.5. The Bertz CT molecular complexity index is 557. The summed E-state index contributed by atoms with van der Waals surface area (Å²) >= 11 is 0. The average molecular weight is 425 g/mol. The molecule has 2 saturated carbocycles. The summed E-state index contributed by atoms with van der Waals surface area (Å²) in [7, 11) is -1.73. The first-order valence-electron chi connectivity index (χ1n) is 11.8. The lowest BCUT2D eigenvalue weighted by Crippen LogP contribution is -2.50. The van der Waals surface area contributed by atoms with Crippen LogP contribution in [0, 0.1) is 23.2 Å². The van der Waals surface area contributed by atoms with Crippen LogP contribution in [0.3, 0.4) is 0 Å². The third-order valence-corrected chi connectivity index (χ3v) is 12.6. The minimum atomic E-state index is -1.73. The van der Waals surface area contributed by atoms with E-state index in [0.717, 1.165) is 5.92 Å². The molecule has 3 nitrogen and oxygen atoms in total. The van der Waals surface area contributed by atoms with Crippen LogP contribution in [0.2, 0.25) is 18.1 Å². The van der Waals surface area contributed by atoms with Gasteiger partial charge in [-0.05, 0) is 80.8 Å². The van der Waals surface area contributed by atoms with E-state index in [2.05, 4.69) is 59.9 Å². The molecule has 2 aliphatic rings. The highest BCUT2D eigenvalue weighted by Crippen LogP contribution is 2.59. The SMILES string of the molecule is C[C@H](C=CCOCC(C)(C)O)[C@H]1CC[C@@H]2[C@H](O[Si](C)(C)C(C)(C)C)CCC[C@@]12C. The second-order valence-electron chi connectivity index (χ2n) is 12.2. The van der Waals surface area contributed by atoms with Crippen LogP contribution in [0.5, 0.6) is 0 Å². The molecular weight excluding hydrogens is 376 g/mol. The van der Waals surface area contributed by atoms with E-state index in [4.69, 9.17) is 9.16 Å². The largest absolute Gasteiger partial charge is 0.414 e. The zero-order valence-electron chi connectivity index (χ0n) is 20.7. The number of rotatable bonds is 8. The smallest absolute Gasteiger partial charge is 0.192 e. The zero-order valence-corrected chi connectivity index (χ0v) is 21.7. The second kappa shape index (κ2) is 9.14. The summed E-state index contributed by atoms with van der Waals surface area (Å²) in [4.78, 5) is 0. The molecule has 170 valence electrons. The lowest BCUT2D eigenvalue weighted by Gasteiger charge is -2.49. The molecule has 0 bridgehead atoms. The summed E-state index contributed by atoms with van der Waals surface area (Å²) in [6.45, 7) is 21.3. The molecule has 2 aliphatic carbocycles. The predicted molar refractivity (Wildman–Crippen MR) is 126 cm³/mol. The summed E-state index contributed by atoms with van der Waals surface area (Å²) < 4.78 is 12.6. The fourth-order valence-corrected chi connectivity index (χ4v) is 6.89. The molecule has 4 heteroatoms. The van der Waals surface area contributed by atoms with E-state index in [0.29, 0.717) is 36.6 Å². The van der Waals surface area contributed by atoms with E-state index >= 15 is 0 Å². The molecule has 0 aromatic rings. The van der Waals surface area contributed by atoms with Gasteiger partial charge in [-0.1, -0.05) is 53.2 Å². The van der Waals surface area contributed by atoms with Gasteiger partial charge in [-0.2, -0.15) is 0 Å². The van der Waals surface area contributed by atoms with Crippen molar-refractivity contribution in [3.05, 3.63) is 12.2 Å². The molecule has 29 heavy (non-hydrogen) atoms. The van der Waals surface area contributed by atoms with E-state index in [1.165, 1.54) is 32.1 Å². The van der Waals surface area contributed by atoms with Gasteiger partial charge in [0, 0.05) is 6.10 Å². The minimum Gasteiger partial charge on any atom is -0.414 e. The number of fused-ring (bicyclic) bond motifs is 1. The van der Waals surface area contributed by atoms with Crippen molar-refractivity contribution in [1.29, 1.82) is 0 Å². The van der Waals surface area contributed by atoms with Gasteiger partial charge in [0.25, 0.3) is 0 Å². The highest BCUT2D eigenvalue weighted by molar-refractivity contribution is 6.74. The summed E-state index contributed by atoms with van der Waals surface area (Å²) in [5.74, 6) is 1.99. The molecule has 2 fully saturated rings. The lowest BCUT2D eigenvalue weighted by molar-refractivity contribution is -0.0168. The average Bonchev–Trinajstić information content (AvgIpc) is 2.90. The Hall–Kier alpha value is -0.163. The van der Waals surface area contributed by atoms with Gasteiger partial charge in [0.05, 0.1) is 18.8 Å². The fourth-order valence-electron chi connectivity index (χ4n) is 5.50. The minimum absolute atomic E-state index is 0.276. The monoisotopic (exact) mass is 424 g/mol. The van der Waals surface area contributed by atoms with Gasteiger partial charge in [-0.3, -0.25) is 0 Å². The van der Waals surface area contributed by atoms with Crippen LogP contribution >= 0.6 is 0 Å². The topological polar surface area (TPSA) is 38.7 Å². The maximum atomic E-state index is 9.76. The van der Waals surface area contributed by atoms with E-state index in [1.807, 2.05) is 0 Å². The van der Waals surface area contributed by atoms with Crippen LogP contribution in [-0.2, 0) is 9.16 Å². The van der Waals surface area contributed by atoms with Crippen molar-refractivity contribution in [1.82, 2.24) is 0 Å². The number of aliphatic hydroxyl groups is 1. The Morgan fingerprint density at radius 1 is 1.14 bits per heavy atom. The molecule has 2 rings (SSSR count). The Labute approximate surface area is 181 Å². The quantitative estimate of drug-likeness (QED) is 0.272. The van der Waals surface area contributed by atoms with Crippen molar-refractivity contribution < 1.29 is 14.3 Å². The zero-order chi connectivity index (χ0) is 22.1. The molecule has 1 N–H and O–H groups in total. The van der Waals surface area contributed by atoms with E-state index < -0.39 is 13.9 Å². The van der Waals surface area contributed by atoms with Gasteiger partial charge in [-0.15, -0.1) is 0 Å². The van der Waals surface area contributed by atoms with Gasteiger partial charge in [0.15, 0.2) is 8.32 Å². The summed E-state index contributed by atoms with van der Waals surface area (Å²) in [6, 6.07) is 0. The molecule has 0 radical (unpaired) electrons. The molecule has 0 aromatic heterocycles. The molecule has 0 saturated heterocycles. The molecule has 0 aliphatic heterocycles. The summed E-state index contributed by atoms with van der Waals surface area (Å²) in [5, 5.41) is 10.0. The van der Waals surface area contributed by atoms with E-state index in [1.54, 1.807) is 13.8 Å². The van der Waals surface area contributed by atoms with Crippen molar-refractivity contribution in [3.8, 4) is 0 Å². The third kappa shape index (κ3) is 6.18. The maximum absolute atomic E-state index is 9.76. The fraction of sp³-hybridized carbons (Fsp3) is 0.920. The summed E-state index contributed by atoms with van der Waals surface area (Å²) in [5.41, 5.74) is -0.365. The van der Waals surface area contributed by atoms with Crippen molar-refractivity contribution >= 4 is 8.32 Å². The normalized spacial score (nSPS) is 32.6. The van der Waals surface area contributed by atoms with Crippen molar-refractivity contribution in [2.24, 2.45) is 23.2 Å². The van der Waals surface area contributed by atoms with Crippen LogP contribution in [0.15, 0.2) is 12.2 Å². The van der Waals surface area contributed by atoms with Crippen LogP contribution < -0.4 is 0 Å². The van der Waals surface area contributed by atoms with Gasteiger partial charge in [0.1, 0.15) is 0 Å². The Morgan fingerprint density at radius 3 is 2.38 bits per heavy atom. The first kappa shape index (κ1) is 25.1. The Kier molecular flexibility index (Phi) is 7.91. The van der Waals surface area contributed by atoms with Gasteiger partial charge < -0.3 is 14.3 Å². The van der Waals surface area contributed by atoms with E-state index in [9.17, 15) is 5.11 Å². The van der Waals surface area contributed by atoms with Crippen LogP contribution in [0.25, 0.3) is 0 Å². The molecule has 5 atom stereocenters. The third-order valence-electron chi connectivity index (χ3n) is 8.13. The first-order valence-corrected chi connectivity index (χ1v) is 14.7. The molecule has 0 aromatic carbocycles. The number of hydrogen-bond acceptors (Lipinski definition) is 3. The Morgan fingerprint density at radius 2 is 1.79 bits per heavy atom. The number of allylic oxidation sites excluding steroid dienone is 1. The van der Waals surface area contributed by atoms with Crippen molar-refractivity contribution in [3.63, 3.8) is 0 Å². The molecular formula is C25H48O3Si. The van der Waals surface area contributed by atoms with E-state index in [-0.39, 0.29) is 5.04 Å². The standard InChI is InChI=1S/C25H48O3Si/c1-19(12-11-17-27-18-24(5,6)26)20-14-15-21-22(13-10-16-25(20,21)7)28-29(8,9)23(2,3)4/h11-12,19-22,26H,10,13-18H2,1-9H3/t19-,20-,21-,22-,25+/m1/s1. The highest BCUT2D eigenvalue weighted by Gasteiger charge is 2.54.